The number of hydrogen-bond acceptors (Lipinski definition) is 7. The van der Waals surface area contributed by atoms with Crippen LogP contribution >= 0.6 is 11.6 Å². The summed E-state index contributed by atoms with van der Waals surface area (Å²) >= 11 is 5.92. The van der Waals surface area contributed by atoms with Gasteiger partial charge in [0.05, 0.1) is 22.8 Å². The molecule has 1 fully saturated rings. The van der Waals surface area contributed by atoms with Gasteiger partial charge in [0.15, 0.2) is 11.5 Å². The van der Waals surface area contributed by atoms with E-state index in [1.54, 1.807) is 23.1 Å². The fourth-order valence-electron chi connectivity index (χ4n) is 5.75. The number of carboxylic acids is 1. The van der Waals surface area contributed by atoms with Crippen molar-refractivity contribution < 1.29 is 28.7 Å². The van der Waals surface area contributed by atoms with Crippen LogP contribution in [0.3, 0.4) is 0 Å². The van der Waals surface area contributed by atoms with Crippen molar-refractivity contribution in [1.82, 2.24) is 19.9 Å². The number of nitrogens with one attached hydrogen (secondary N) is 1. The molecule has 6 rings (SSSR count). The Balaban J connectivity index is 1.37. The summed E-state index contributed by atoms with van der Waals surface area (Å²) in [6, 6.07) is 13.4. The molecule has 45 heavy (non-hydrogen) atoms. The second kappa shape index (κ2) is 12.1. The normalized spacial score (nSPS) is 18.0. The monoisotopic (exact) mass is 631 g/mol. The SMILES string of the molecule is N[C@H]1CCCN(c2cccc3c2CCN(C(=O)c2cn(-c4cccc(Cl)c4F)nn2)C3C(=O)Nc2ccc(C(=O)O)cc2)C1=O. The summed E-state index contributed by atoms with van der Waals surface area (Å²) in [5.74, 6) is -3.26. The van der Waals surface area contributed by atoms with Crippen LogP contribution in [-0.4, -0.2) is 67.8 Å². The second-order valence-corrected chi connectivity index (χ2v) is 11.1. The van der Waals surface area contributed by atoms with Crippen molar-refractivity contribution in [1.29, 1.82) is 0 Å². The van der Waals surface area contributed by atoms with Gasteiger partial charge in [-0.05, 0) is 72.9 Å². The van der Waals surface area contributed by atoms with E-state index in [-0.39, 0.29) is 34.4 Å². The second-order valence-electron chi connectivity index (χ2n) is 10.7. The Morgan fingerprint density at radius 2 is 1.76 bits per heavy atom. The fourth-order valence-corrected chi connectivity index (χ4v) is 5.92. The molecule has 2 aliphatic rings. The Bertz CT molecular complexity index is 1830. The lowest BCUT2D eigenvalue weighted by Crippen LogP contribution is -2.50. The number of carbonyl (C=O) groups is 4. The van der Waals surface area contributed by atoms with Crippen LogP contribution in [0, 0.1) is 5.82 Å². The molecule has 3 amide bonds. The molecule has 4 aromatic rings. The summed E-state index contributed by atoms with van der Waals surface area (Å²) < 4.78 is 15.8. The molecule has 3 heterocycles. The van der Waals surface area contributed by atoms with Gasteiger partial charge in [-0.2, -0.15) is 0 Å². The molecule has 1 saturated heterocycles. The quantitative estimate of drug-likeness (QED) is 0.291. The summed E-state index contributed by atoms with van der Waals surface area (Å²) in [6.07, 6.45) is 2.89. The molecule has 0 radical (unpaired) electrons. The van der Waals surface area contributed by atoms with E-state index in [9.17, 15) is 28.7 Å². The van der Waals surface area contributed by atoms with Crippen molar-refractivity contribution in [3.63, 3.8) is 0 Å². The molecular formula is C31H27ClFN7O5. The number of piperidine rings is 1. The van der Waals surface area contributed by atoms with Crippen LogP contribution < -0.4 is 16.0 Å². The first-order valence-corrected chi connectivity index (χ1v) is 14.5. The molecule has 14 heteroatoms. The molecule has 2 atom stereocenters. The number of carboxylic acid groups (broad SMARTS) is 1. The molecule has 230 valence electrons. The fraction of sp³-hybridized carbons (Fsp3) is 0.226. The number of hydrogen-bond donors (Lipinski definition) is 3. The maximum absolute atomic E-state index is 14.7. The maximum atomic E-state index is 14.7. The van der Waals surface area contributed by atoms with E-state index in [2.05, 4.69) is 15.6 Å². The van der Waals surface area contributed by atoms with Gasteiger partial charge in [0.2, 0.25) is 5.91 Å². The maximum Gasteiger partial charge on any atom is 0.335 e. The summed E-state index contributed by atoms with van der Waals surface area (Å²) in [6.45, 7) is 0.562. The Hall–Kier alpha value is -5.14. The highest BCUT2D eigenvalue weighted by Gasteiger charge is 2.40. The van der Waals surface area contributed by atoms with E-state index in [4.69, 9.17) is 17.3 Å². The number of fused-ring (bicyclic) bond motifs is 1. The number of nitrogens with two attached hydrogens (primary N) is 1. The molecule has 3 aromatic carbocycles. The molecule has 2 aliphatic heterocycles. The third-order valence-electron chi connectivity index (χ3n) is 7.97. The van der Waals surface area contributed by atoms with E-state index in [0.717, 1.165) is 16.7 Å². The molecule has 1 unspecified atom stereocenters. The van der Waals surface area contributed by atoms with Crippen molar-refractivity contribution >= 4 is 46.7 Å². The lowest BCUT2D eigenvalue weighted by atomic mass is 9.89. The van der Waals surface area contributed by atoms with Crippen molar-refractivity contribution in [2.24, 2.45) is 5.73 Å². The third kappa shape index (κ3) is 5.63. The number of anilines is 2. The van der Waals surface area contributed by atoms with Gasteiger partial charge in [-0.1, -0.05) is 35.0 Å². The van der Waals surface area contributed by atoms with E-state index in [1.165, 1.54) is 53.6 Å². The molecule has 12 nitrogen and oxygen atoms in total. The Morgan fingerprint density at radius 1 is 1.02 bits per heavy atom. The van der Waals surface area contributed by atoms with Crippen LogP contribution in [0.15, 0.2) is 66.9 Å². The molecular weight excluding hydrogens is 605 g/mol. The van der Waals surface area contributed by atoms with Crippen molar-refractivity contribution in [2.45, 2.75) is 31.3 Å². The van der Waals surface area contributed by atoms with Crippen LogP contribution in [0.25, 0.3) is 5.69 Å². The molecule has 4 N–H and O–H groups in total. The lowest BCUT2D eigenvalue weighted by molar-refractivity contribution is -0.121. The minimum atomic E-state index is -1.16. The zero-order valence-electron chi connectivity index (χ0n) is 23.7. The standard InChI is InChI=1S/C31H27ClFN7O5/c32-21-5-2-8-25(26(21)33)40-16-23(36-37-40)30(43)39-15-13-19-20(4-1-7-24(19)38-14-3-6-22(34)29(38)42)27(39)28(41)35-18-11-9-17(10-12-18)31(44)45/h1-2,4-5,7-12,16,22,27H,3,6,13-15,34H2,(H,35,41)(H,44,45)/t22-,27?/m0/s1. The number of amides is 3. The summed E-state index contributed by atoms with van der Waals surface area (Å²) in [7, 11) is 0. The summed E-state index contributed by atoms with van der Waals surface area (Å²) in [5.41, 5.74) is 8.16. The van der Waals surface area contributed by atoms with Gasteiger partial charge in [-0.25, -0.2) is 13.9 Å². The van der Waals surface area contributed by atoms with E-state index in [1.807, 2.05) is 0 Å². The first-order chi connectivity index (χ1) is 21.6. The number of aromatic nitrogens is 3. The van der Waals surface area contributed by atoms with Crippen molar-refractivity contribution in [2.75, 3.05) is 23.3 Å². The molecule has 0 bridgehead atoms. The zero-order chi connectivity index (χ0) is 31.8. The Labute approximate surface area is 261 Å². The molecule has 0 aliphatic carbocycles. The van der Waals surface area contributed by atoms with Crippen molar-refractivity contribution in [3.8, 4) is 5.69 Å². The lowest BCUT2D eigenvalue weighted by Gasteiger charge is -2.39. The topological polar surface area (TPSA) is 164 Å². The van der Waals surface area contributed by atoms with Gasteiger partial charge in [-0.3, -0.25) is 14.4 Å². The number of benzene rings is 3. The average molecular weight is 632 g/mol. The largest absolute Gasteiger partial charge is 0.478 e. The number of rotatable bonds is 6. The van der Waals surface area contributed by atoms with E-state index < -0.39 is 35.7 Å². The van der Waals surface area contributed by atoms with Gasteiger partial charge in [-0.15, -0.1) is 5.10 Å². The zero-order valence-corrected chi connectivity index (χ0v) is 24.4. The predicted octanol–water partition coefficient (Wildman–Crippen LogP) is 3.59. The van der Waals surface area contributed by atoms with Gasteiger partial charge >= 0.3 is 5.97 Å². The Kier molecular flexibility index (Phi) is 8.04. The van der Waals surface area contributed by atoms with Gasteiger partial charge in [0.1, 0.15) is 11.7 Å². The summed E-state index contributed by atoms with van der Waals surface area (Å²) in [4.78, 5) is 55.2. The van der Waals surface area contributed by atoms with Gasteiger partial charge in [0.25, 0.3) is 11.8 Å². The van der Waals surface area contributed by atoms with Crippen LogP contribution in [0.5, 0.6) is 0 Å². The highest BCUT2D eigenvalue weighted by atomic mass is 35.5. The van der Waals surface area contributed by atoms with E-state index >= 15 is 0 Å². The first kappa shape index (κ1) is 29.9. The first-order valence-electron chi connectivity index (χ1n) is 14.1. The van der Waals surface area contributed by atoms with E-state index in [0.29, 0.717) is 36.3 Å². The van der Waals surface area contributed by atoms with Gasteiger partial charge in [0, 0.05) is 24.5 Å². The number of nitrogens with zero attached hydrogens (tertiary/aromatic N) is 5. The van der Waals surface area contributed by atoms with Crippen LogP contribution in [0.1, 0.15) is 50.9 Å². The molecule has 0 saturated carbocycles. The highest BCUT2D eigenvalue weighted by molar-refractivity contribution is 6.30. The minimum Gasteiger partial charge on any atom is -0.478 e. The smallest absolute Gasteiger partial charge is 0.335 e. The molecule has 0 spiro atoms. The number of carbonyl (C=O) groups excluding carboxylic acids is 3. The Morgan fingerprint density at radius 3 is 2.51 bits per heavy atom. The van der Waals surface area contributed by atoms with Crippen LogP contribution in [-0.2, 0) is 16.0 Å². The minimum absolute atomic E-state index is 0.00816. The summed E-state index contributed by atoms with van der Waals surface area (Å²) in [5, 5.41) is 19.8. The average Bonchev–Trinajstić information content (AvgIpc) is 3.53. The van der Waals surface area contributed by atoms with Gasteiger partial charge < -0.3 is 26.0 Å². The predicted molar refractivity (Wildman–Crippen MR) is 162 cm³/mol. The number of halogens is 2. The highest BCUT2D eigenvalue weighted by Crippen LogP contribution is 2.38. The molecule has 1 aromatic heterocycles. The van der Waals surface area contributed by atoms with Crippen LogP contribution in [0.4, 0.5) is 15.8 Å². The van der Waals surface area contributed by atoms with Crippen LogP contribution in [0.2, 0.25) is 5.02 Å². The van der Waals surface area contributed by atoms with Crippen molar-refractivity contribution in [3.05, 3.63) is 100 Å². The number of aromatic carboxylic acids is 1. The third-order valence-corrected chi connectivity index (χ3v) is 8.26.